The van der Waals surface area contributed by atoms with Gasteiger partial charge in [0.25, 0.3) is 0 Å². The maximum atomic E-state index is 11.6. The minimum Gasteiger partial charge on any atom is -0.475 e. The van der Waals surface area contributed by atoms with Crippen LogP contribution in [0.4, 0.5) is 10.5 Å². The van der Waals surface area contributed by atoms with Crippen LogP contribution in [0.1, 0.15) is 26.3 Å². The van der Waals surface area contributed by atoms with Gasteiger partial charge in [0.1, 0.15) is 5.60 Å². The van der Waals surface area contributed by atoms with Gasteiger partial charge in [0.05, 0.1) is 0 Å². The molecule has 0 aliphatic heterocycles. The van der Waals surface area contributed by atoms with Gasteiger partial charge in [-0.3, -0.25) is 10.1 Å². The van der Waals surface area contributed by atoms with E-state index in [2.05, 4.69) is 5.32 Å². The number of anilines is 1. The second kappa shape index (κ2) is 6.18. The van der Waals surface area contributed by atoms with Crippen molar-refractivity contribution >= 4 is 23.5 Å². The number of rotatable bonds is 4. The van der Waals surface area contributed by atoms with Crippen LogP contribution in [0.5, 0.6) is 0 Å². The lowest BCUT2D eigenvalue weighted by molar-refractivity contribution is -0.148. The summed E-state index contributed by atoms with van der Waals surface area (Å²) in [5, 5.41) is 11.1. The standard InChI is InChI=1S/C14H17NO5/c1-14(2,3)20-13(19)15-10-6-4-5-9(7-10)8-11(16)12(17)18/h4-7H,8H2,1-3H3,(H,15,19)(H,17,18). The van der Waals surface area contributed by atoms with Gasteiger partial charge in [0.15, 0.2) is 0 Å². The van der Waals surface area contributed by atoms with Crippen molar-refractivity contribution in [3.8, 4) is 0 Å². The highest BCUT2D eigenvalue weighted by atomic mass is 16.6. The van der Waals surface area contributed by atoms with E-state index >= 15 is 0 Å². The van der Waals surface area contributed by atoms with Gasteiger partial charge in [0, 0.05) is 12.1 Å². The second-order valence-corrected chi connectivity index (χ2v) is 5.23. The highest BCUT2D eigenvalue weighted by Crippen LogP contribution is 2.14. The molecule has 20 heavy (non-hydrogen) atoms. The monoisotopic (exact) mass is 279 g/mol. The first kappa shape index (κ1) is 15.7. The normalized spacial score (nSPS) is 10.8. The molecule has 0 radical (unpaired) electrons. The van der Waals surface area contributed by atoms with Crippen LogP contribution in [0.3, 0.4) is 0 Å². The molecule has 0 fully saturated rings. The van der Waals surface area contributed by atoms with Crippen LogP contribution in [-0.2, 0) is 20.7 Å². The number of amides is 1. The number of nitrogens with one attached hydrogen (secondary N) is 1. The number of aliphatic carboxylic acids is 1. The number of ketones is 1. The fraction of sp³-hybridized carbons (Fsp3) is 0.357. The number of hydrogen-bond donors (Lipinski definition) is 2. The molecule has 6 nitrogen and oxygen atoms in total. The smallest absolute Gasteiger partial charge is 0.412 e. The van der Waals surface area contributed by atoms with Crippen molar-refractivity contribution in [3.63, 3.8) is 0 Å². The van der Waals surface area contributed by atoms with E-state index in [0.29, 0.717) is 11.3 Å². The summed E-state index contributed by atoms with van der Waals surface area (Å²) in [6.45, 7) is 5.23. The third-order valence-electron chi connectivity index (χ3n) is 2.18. The van der Waals surface area contributed by atoms with Gasteiger partial charge in [-0.2, -0.15) is 0 Å². The molecule has 0 aromatic heterocycles. The molecule has 0 saturated heterocycles. The fourth-order valence-corrected chi connectivity index (χ4v) is 1.44. The van der Waals surface area contributed by atoms with E-state index in [1.807, 2.05) is 0 Å². The molecule has 0 bridgehead atoms. The highest BCUT2D eigenvalue weighted by molar-refractivity contribution is 6.33. The van der Waals surface area contributed by atoms with E-state index < -0.39 is 23.4 Å². The molecule has 2 N–H and O–H groups in total. The summed E-state index contributed by atoms with van der Waals surface area (Å²) in [6, 6.07) is 6.39. The molecule has 6 heteroatoms. The Balaban J connectivity index is 2.71. The SMILES string of the molecule is CC(C)(C)OC(=O)Nc1cccc(CC(=O)C(=O)O)c1. The zero-order valence-electron chi connectivity index (χ0n) is 11.6. The van der Waals surface area contributed by atoms with Crippen molar-refractivity contribution in [2.24, 2.45) is 0 Å². The molecule has 0 unspecified atom stereocenters. The summed E-state index contributed by atoms with van der Waals surface area (Å²) in [4.78, 5) is 33.2. The average Bonchev–Trinajstić information content (AvgIpc) is 2.26. The summed E-state index contributed by atoms with van der Waals surface area (Å²) in [6.07, 6.45) is -0.835. The molecule has 0 atom stereocenters. The van der Waals surface area contributed by atoms with Gasteiger partial charge in [-0.1, -0.05) is 12.1 Å². The van der Waals surface area contributed by atoms with Gasteiger partial charge in [-0.25, -0.2) is 9.59 Å². The number of Topliss-reactive ketones (excluding diaryl/α,β-unsaturated/α-hetero) is 1. The predicted octanol–water partition coefficient (Wildman–Crippen LogP) is 2.23. The second-order valence-electron chi connectivity index (χ2n) is 5.23. The lowest BCUT2D eigenvalue weighted by Crippen LogP contribution is -2.27. The van der Waals surface area contributed by atoms with Crippen molar-refractivity contribution in [1.82, 2.24) is 0 Å². The van der Waals surface area contributed by atoms with E-state index in [-0.39, 0.29) is 6.42 Å². The van der Waals surface area contributed by atoms with Crippen LogP contribution in [0.15, 0.2) is 24.3 Å². The summed E-state index contributed by atoms with van der Waals surface area (Å²) in [5.74, 6) is -2.38. The van der Waals surface area contributed by atoms with E-state index in [9.17, 15) is 14.4 Å². The third-order valence-corrected chi connectivity index (χ3v) is 2.18. The first-order chi connectivity index (χ1) is 9.17. The topological polar surface area (TPSA) is 92.7 Å². The van der Waals surface area contributed by atoms with Gasteiger partial charge < -0.3 is 9.84 Å². The maximum Gasteiger partial charge on any atom is 0.412 e. The lowest BCUT2D eigenvalue weighted by Gasteiger charge is -2.19. The average molecular weight is 279 g/mol. The molecule has 0 spiro atoms. The molecule has 0 aliphatic carbocycles. The molecule has 0 heterocycles. The summed E-state index contributed by atoms with van der Waals surface area (Å²) in [7, 11) is 0. The number of hydrogen-bond acceptors (Lipinski definition) is 4. The number of carbonyl (C=O) groups is 3. The zero-order valence-corrected chi connectivity index (χ0v) is 11.6. The van der Waals surface area contributed by atoms with Gasteiger partial charge in [0.2, 0.25) is 5.78 Å². The Bertz CT molecular complexity index is 531. The van der Waals surface area contributed by atoms with Gasteiger partial charge in [-0.05, 0) is 38.5 Å². The Morgan fingerprint density at radius 1 is 1.25 bits per heavy atom. The fourth-order valence-electron chi connectivity index (χ4n) is 1.44. The Kier molecular flexibility index (Phi) is 4.85. The summed E-state index contributed by atoms with van der Waals surface area (Å²) < 4.78 is 5.09. The molecule has 1 aromatic rings. The van der Waals surface area contributed by atoms with Gasteiger partial charge in [-0.15, -0.1) is 0 Å². The van der Waals surface area contributed by atoms with E-state index in [4.69, 9.17) is 9.84 Å². The molecule has 1 aromatic carbocycles. The van der Waals surface area contributed by atoms with Crippen molar-refractivity contribution in [3.05, 3.63) is 29.8 Å². The van der Waals surface area contributed by atoms with E-state index in [1.54, 1.807) is 39.0 Å². The number of carboxylic acids is 1. The Morgan fingerprint density at radius 2 is 1.90 bits per heavy atom. The molecule has 1 amide bonds. The number of ether oxygens (including phenoxy) is 1. The van der Waals surface area contributed by atoms with Crippen LogP contribution in [0, 0.1) is 0 Å². The maximum absolute atomic E-state index is 11.6. The Hall–Kier alpha value is -2.37. The summed E-state index contributed by atoms with van der Waals surface area (Å²) >= 11 is 0. The first-order valence-electron chi connectivity index (χ1n) is 6.02. The molecule has 0 aliphatic rings. The highest BCUT2D eigenvalue weighted by Gasteiger charge is 2.17. The third kappa shape index (κ3) is 5.51. The molecule has 0 saturated carbocycles. The van der Waals surface area contributed by atoms with Crippen LogP contribution in [0.2, 0.25) is 0 Å². The Morgan fingerprint density at radius 3 is 2.45 bits per heavy atom. The van der Waals surface area contributed by atoms with Crippen molar-refractivity contribution in [1.29, 1.82) is 0 Å². The molecule has 108 valence electrons. The van der Waals surface area contributed by atoms with Crippen LogP contribution >= 0.6 is 0 Å². The van der Waals surface area contributed by atoms with Gasteiger partial charge >= 0.3 is 12.1 Å². The van der Waals surface area contributed by atoms with Crippen molar-refractivity contribution in [2.75, 3.05) is 5.32 Å². The van der Waals surface area contributed by atoms with Crippen LogP contribution < -0.4 is 5.32 Å². The van der Waals surface area contributed by atoms with Crippen molar-refractivity contribution < 1.29 is 24.2 Å². The number of carbonyl (C=O) groups excluding carboxylic acids is 2. The summed E-state index contributed by atoms with van der Waals surface area (Å²) in [5.41, 5.74) is 0.335. The Labute approximate surface area is 116 Å². The first-order valence-corrected chi connectivity index (χ1v) is 6.02. The van der Waals surface area contributed by atoms with Crippen LogP contribution in [-0.4, -0.2) is 28.6 Å². The van der Waals surface area contributed by atoms with E-state index in [1.165, 1.54) is 6.07 Å². The quantitative estimate of drug-likeness (QED) is 0.824. The molecule has 1 rings (SSSR count). The van der Waals surface area contributed by atoms with Crippen LogP contribution in [0.25, 0.3) is 0 Å². The predicted molar refractivity (Wildman–Crippen MR) is 72.6 cm³/mol. The number of carboxylic acid groups (broad SMARTS) is 1. The van der Waals surface area contributed by atoms with Crippen molar-refractivity contribution in [2.45, 2.75) is 32.8 Å². The largest absolute Gasteiger partial charge is 0.475 e. The molecular formula is C14H17NO5. The number of benzene rings is 1. The minimum absolute atomic E-state index is 0.223. The molecular weight excluding hydrogens is 262 g/mol. The zero-order chi connectivity index (χ0) is 15.3. The van der Waals surface area contributed by atoms with E-state index in [0.717, 1.165) is 0 Å². The lowest BCUT2D eigenvalue weighted by atomic mass is 10.1. The minimum atomic E-state index is -1.48.